The van der Waals surface area contributed by atoms with E-state index in [0.29, 0.717) is 0 Å². The molecule has 0 heterocycles. The monoisotopic (exact) mass is 155 g/mol. The first-order valence-electron chi connectivity index (χ1n) is 2.88. The Kier molecular flexibility index (Phi) is 1.72. The lowest BCUT2D eigenvalue weighted by Gasteiger charge is -1.98. The van der Waals surface area contributed by atoms with Crippen molar-refractivity contribution in [2.75, 3.05) is 0 Å². The Morgan fingerprint density at radius 1 is 1.73 bits per heavy atom. The van der Waals surface area contributed by atoms with Gasteiger partial charge in [-0.05, 0) is 0 Å². The van der Waals surface area contributed by atoms with Crippen molar-refractivity contribution in [3.63, 3.8) is 0 Å². The molecule has 5 nitrogen and oxygen atoms in total. The summed E-state index contributed by atoms with van der Waals surface area (Å²) in [6, 6.07) is 0. The van der Waals surface area contributed by atoms with Gasteiger partial charge in [0.2, 0.25) is 0 Å². The molecule has 0 saturated heterocycles. The number of hydrogen-bond donors (Lipinski definition) is 1. The molecule has 0 spiro atoms. The number of carboxylic acid groups (broad SMARTS) is 1. The molecular formula is C6H5NO4. The third-order valence-electron chi connectivity index (χ3n) is 1.37. The Morgan fingerprint density at radius 3 is 2.73 bits per heavy atom. The molecule has 0 aromatic rings. The van der Waals surface area contributed by atoms with Crippen LogP contribution in [-0.4, -0.2) is 16.0 Å². The van der Waals surface area contributed by atoms with Crippen molar-refractivity contribution < 1.29 is 14.8 Å². The van der Waals surface area contributed by atoms with Crippen LogP contribution in [0.1, 0.15) is 0 Å². The fourth-order valence-electron chi connectivity index (χ4n) is 0.851. The summed E-state index contributed by atoms with van der Waals surface area (Å²) in [5, 5.41) is 18.6. The van der Waals surface area contributed by atoms with Crippen LogP contribution < -0.4 is 0 Å². The lowest BCUT2D eigenvalue weighted by atomic mass is 10.1. The number of rotatable bonds is 2. The van der Waals surface area contributed by atoms with Crippen molar-refractivity contribution >= 4 is 5.97 Å². The number of hydrogen-bond acceptors (Lipinski definition) is 3. The van der Waals surface area contributed by atoms with Crippen LogP contribution in [-0.2, 0) is 4.79 Å². The molecule has 0 aliphatic heterocycles. The molecule has 0 radical (unpaired) electrons. The standard InChI is InChI=1S/C6H5NO4/c8-6(9)4-2-1-3-5(4)7(10)11/h1-4H,(H,8,9). The Hall–Kier alpha value is -1.65. The first kappa shape index (κ1) is 7.46. The van der Waals surface area contributed by atoms with Gasteiger partial charge in [-0.1, -0.05) is 12.2 Å². The zero-order valence-corrected chi connectivity index (χ0v) is 5.43. The highest BCUT2D eigenvalue weighted by atomic mass is 16.6. The maximum Gasteiger partial charge on any atom is 0.321 e. The van der Waals surface area contributed by atoms with Gasteiger partial charge in [0.1, 0.15) is 0 Å². The molecule has 11 heavy (non-hydrogen) atoms. The molecule has 1 N–H and O–H groups in total. The topological polar surface area (TPSA) is 80.4 Å². The number of aliphatic carboxylic acids is 1. The van der Waals surface area contributed by atoms with Gasteiger partial charge in [-0.15, -0.1) is 0 Å². The summed E-state index contributed by atoms with van der Waals surface area (Å²) in [5.41, 5.74) is -0.280. The lowest BCUT2D eigenvalue weighted by Crippen LogP contribution is -2.16. The molecule has 5 heteroatoms. The zero-order chi connectivity index (χ0) is 8.43. The van der Waals surface area contributed by atoms with E-state index < -0.39 is 16.8 Å². The maximum atomic E-state index is 10.3. The molecule has 1 unspecified atom stereocenters. The molecule has 1 aliphatic carbocycles. The first-order chi connectivity index (χ1) is 5.13. The van der Waals surface area contributed by atoms with E-state index >= 15 is 0 Å². The molecule has 0 aromatic carbocycles. The second kappa shape index (κ2) is 2.53. The molecule has 0 saturated carbocycles. The van der Waals surface area contributed by atoms with Crippen LogP contribution in [0.2, 0.25) is 0 Å². The Balaban J connectivity index is 2.85. The highest BCUT2D eigenvalue weighted by molar-refractivity contribution is 5.76. The van der Waals surface area contributed by atoms with Gasteiger partial charge in [-0.2, -0.15) is 0 Å². The quantitative estimate of drug-likeness (QED) is 0.462. The summed E-state index contributed by atoms with van der Waals surface area (Å²) in [4.78, 5) is 19.8. The van der Waals surface area contributed by atoms with Gasteiger partial charge in [0.25, 0.3) is 5.70 Å². The van der Waals surface area contributed by atoms with Gasteiger partial charge >= 0.3 is 5.97 Å². The van der Waals surface area contributed by atoms with Crippen molar-refractivity contribution in [3.05, 3.63) is 34.0 Å². The van der Waals surface area contributed by atoms with Gasteiger partial charge in [0.05, 0.1) is 4.92 Å². The largest absolute Gasteiger partial charge is 0.480 e. The zero-order valence-electron chi connectivity index (χ0n) is 5.43. The average molecular weight is 155 g/mol. The smallest absolute Gasteiger partial charge is 0.321 e. The molecule has 0 bridgehead atoms. The summed E-state index contributed by atoms with van der Waals surface area (Å²) < 4.78 is 0. The van der Waals surface area contributed by atoms with E-state index in [4.69, 9.17) is 5.11 Å². The molecule has 1 aliphatic rings. The van der Waals surface area contributed by atoms with Gasteiger partial charge in [0.15, 0.2) is 5.92 Å². The highest BCUT2D eigenvalue weighted by Crippen LogP contribution is 2.19. The van der Waals surface area contributed by atoms with Gasteiger partial charge in [-0.3, -0.25) is 14.9 Å². The van der Waals surface area contributed by atoms with E-state index in [1.807, 2.05) is 0 Å². The summed E-state index contributed by atoms with van der Waals surface area (Å²) in [6.45, 7) is 0. The Bertz CT molecular complexity index is 266. The van der Waals surface area contributed by atoms with Gasteiger partial charge < -0.3 is 5.11 Å². The summed E-state index contributed by atoms with van der Waals surface area (Å²) in [7, 11) is 0. The molecular weight excluding hydrogens is 150 g/mol. The van der Waals surface area contributed by atoms with Crippen molar-refractivity contribution in [2.45, 2.75) is 0 Å². The molecule has 1 atom stereocenters. The van der Waals surface area contributed by atoms with E-state index in [2.05, 4.69) is 0 Å². The predicted molar refractivity (Wildman–Crippen MR) is 35.3 cm³/mol. The highest BCUT2D eigenvalue weighted by Gasteiger charge is 2.31. The lowest BCUT2D eigenvalue weighted by molar-refractivity contribution is -0.430. The summed E-state index contributed by atoms with van der Waals surface area (Å²) in [5.74, 6) is -2.27. The molecule has 58 valence electrons. The second-order valence-electron chi connectivity index (χ2n) is 2.05. The van der Waals surface area contributed by atoms with Crippen molar-refractivity contribution in [1.29, 1.82) is 0 Å². The van der Waals surface area contributed by atoms with Crippen LogP contribution in [0.5, 0.6) is 0 Å². The number of allylic oxidation sites excluding steroid dienone is 2. The van der Waals surface area contributed by atoms with Crippen LogP contribution in [0.15, 0.2) is 23.9 Å². The number of carboxylic acids is 1. The minimum atomic E-state index is -1.19. The number of nitro groups is 1. The molecule has 0 fully saturated rings. The molecule has 1 rings (SSSR count). The van der Waals surface area contributed by atoms with E-state index in [1.165, 1.54) is 18.2 Å². The van der Waals surface area contributed by atoms with E-state index in [1.54, 1.807) is 0 Å². The summed E-state index contributed by atoms with van der Waals surface area (Å²) in [6.07, 6.45) is 3.84. The molecule has 0 aromatic heterocycles. The minimum absolute atomic E-state index is 0.280. The second-order valence-corrected chi connectivity index (χ2v) is 2.05. The minimum Gasteiger partial charge on any atom is -0.480 e. The van der Waals surface area contributed by atoms with Crippen LogP contribution in [0.25, 0.3) is 0 Å². The van der Waals surface area contributed by atoms with Crippen LogP contribution in [0.3, 0.4) is 0 Å². The van der Waals surface area contributed by atoms with E-state index in [-0.39, 0.29) is 5.70 Å². The fourth-order valence-corrected chi connectivity index (χ4v) is 0.851. The summed E-state index contributed by atoms with van der Waals surface area (Å²) >= 11 is 0. The van der Waals surface area contributed by atoms with E-state index in [0.717, 1.165) is 0 Å². The van der Waals surface area contributed by atoms with Crippen molar-refractivity contribution in [3.8, 4) is 0 Å². The third kappa shape index (κ3) is 1.26. The average Bonchev–Trinajstić information content (AvgIpc) is 2.32. The predicted octanol–water partition coefficient (Wildman–Crippen LogP) is 0.418. The Morgan fingerprint density at radius 2 is 2.36 bits per heavy atom. The fraction of sp³-hybridized carbons (Fsp3) is 0.167. The third-order valence-corrected chi connectivity index (χ3v) is 1.37. The van der Waals surface area contributed by atoms with E-state index in [9.17, 15) is 14.9 Å². The van der Waals surface area contributed by atoms with Crippen molar-refractivity contribution in [1.82, 2.24) is 0 Å². The SMILES string of the molecule is O=C(O)C1C=CC=C1[N+](=O)[O-]. The first-order valence-corrected chi connectivity index (χ1v) is 2.88. The Labute approximate surface area is 61.8 Å². The maximum absolute atomic E-state index is 10.3. The van der Waals surface area contributed by atoms with Crippen LogP contribution >= 0.6 is 0 Å². The normalized spacial score (nSPS) is 21.5. The molecule has 0 amide bonds. The number of nitrogens with zero attached hydrogens (tertiary/aromatic N) is 1. The van der Waals surface area contributed by atoms with Gasteiger partial charge in [0, 0.05) is 6.08 Å². The van der Waals surface area contributed by atoms with Crippen LogP contribution in [0.4, 0.5) is 0 Å². The van der Waals surface area contributed by atoms with Crippen molar-refractivity contribution in [2.24, 2.45) is 5.92 Å². The van der Waals surface area contributed by atoms with Gasteiger partial charge in [-0.25, -0.2) is 0 Å². The number of carbonyl (C=O) groups is 1. The van der Waals surface area contributed by atoms with Crippen LogP contribution in [0, 0.1) is 16.0 Å².